The van der Waals surface area contributed by atoms with Crippen LogP contribution in [0.4, 0.5) is 25.0 Å². The van der Waals surface area contributed by atoms with Gasteiger partial charge < -0.3 is 20.4 Å². The second kappa shape index (κ2) is 8.35. The third-order valence-electron chi connectivity index (χ3n) is 4.77. The molecule has 144 valence electrons. The smallest absolute Gasteiger partial charge is 0.319 e. The van der Waals surface area contributed by atoms with Crippen LogP contribution in [0.25, 0.3) is 0 Å². The third kappa shape index (κ3) is 4.74. The first-order chi connectivity index (χ1) is 12.9. The summed E-state index contributed by atoms with van der Waals surface area (Å²) in [6, 6.07) is 9.92. The van der Waals surface area contributed by atoms with Gasteiger partial charge in [-0.25, -0.2) is 13.6 Å². The van der Waals surface area contributed by atoms with Gasteiger partial charge in [0.05, 0.1) is 17.4 Å². The number of hydrogen-bond acceptors (Lipinski definition) is 3. The van der Waals surface area contributed by atoms with Crippen molar-refractivity contribution in [1.82, 2.24) is 10.2 Å². The van der Waals surface area contributed by atoms with E-state index in [2.05, 4.69) is 27.5 Å². The molecule has 2 amide bonds. The summed E-state index contributed by atoms with van der Waals surface area (Å²) in [7, 11) is 2.09. The topological polar surface area (TPSA) is 47.6 Å². The van der Waals surface area contributed by atoms with E-state index in [1.807, 2.05) is 24.3 Å². The molecule has 0 unspecified atom stereocenters. The lowest BCUT2D eigenvalue weighted by atomic mass is 10.1. The van der Waals surface area contributed by atoms with Gasteiger partial charge in [0.25, 0.3) is 0 Å². The molecule has 1 atom stereocenters. The van der Waals surface area contributed by atoms with Crippen LogP contribution in [0.1, 0.15) is 18.5 Å². The molecule has 0 aliphatic carbocycles. The van der Waals surface area contributed by atoms with E-state index >= 15 is 0 Å². The maximum atomic E-state index is 13.9. The second-order valence-electron chi connectivity index (χ2n) is 6.79. The van der Waals surface area contributed by atoms with Crippen LogP contribution < -0.4 is 15.5 Å². The largest absolute Gasteiger partial charge is 0.367 e. The molecule has 1 fully saturated rings. The summed E-state index contributed by atoms with van der Waals surface area (Å²) in [4.78, 5) is 16.9. The lowest BCUT2D eigenvalue weighted by Gasteiger charge is -2.35. The second-order valence-corrected chi connectivity index (χ2v) is 6.79. The molecule has 27 heavy (non-hydrogen) atoms. The van der Waals surface area contributed by atoms with Gasteiger partial charge in [0.15, 0.2) is 0 Å². The molecule has 3 rings (SSSR count). The third-order valence-corrected chi connectivity index (χ3v) is 4.77. The number of para-hydroxylation sites is 2. The minimum Gasteiger partial charge on any atom is -0.367 e. The molecule has 0 aromatic heterocycles. The molecule has 0 saturated carbocycles. The average Bonchev–Trinajstić information content (AvgIpc) is 2.62. The lowest BCUT2D eigenvalue weighted by Crippen LogP contribution is -2.44. The number of amides is 2. The highest BCUT2D eigenvalue weighted by Crippen LogP contribution is 2.26. The number of rotatable bonds is 4. The van der Waals surface area contributed by atoms with Gasteiger partial charge in [0, 0.05) is 37.8 Å². The Labute approximate surface area is 158 Å². The van der Waals surface area contributed by atoms with Crippen LogP contribution in [0.2, 0.25) is 0 Å². The fourth-order valence-corrected chi connectivity index (χ4v) is 3.19. The number of piperazine rings is 1. The number of benzene rings is 2. The number of halogens is 2. The summed E-state index contributed by atoms with van der Waals surface area (Å²) in [5.74, 6) is -1.32. The summed E-state index contributed by atoms with van der Waals surface area (Å²) in [5.41, 5.74) is 1.89. The van der Waals surface area contributed by atoms with Crippen LogP contribution in [0.5, 0.6) is 0 Å². The van der Waals surface area contributed by atoms with Crippen molar-refractivity contribution in [1.29, 1.82) is 0 Å². The Morgan fingerprint density at radius 3 is 2.48 bits per heavy atom. The quantitative estimate of drug-likeness (QED) is 0.860. The number of anilines is 2. The maximum Gasteiger partial charge on any atom is 0.319 e. The molecule has 1 heterocycles. The Hall–Kier alpha value is -2.67. The van der Waals surface area contributed by atoms with Crippen LogP contribution in [-0.2, 0) is 0 Å². The Morgan fingerprint density at radius 1 is 1.07 bits per heavy atom. The van der Waals surface area contributed by atoms with Crippen LogP contribution >= 0.6 is 0 Å². The molecule has 0 bridgehead atoms. The van der Waals surface area contributed by atoms with Crippen LogP contribution in [0.3, 0.4) is 0 Å². The minimum absolute atomic E-state index is 0.235. The SMILES string of the molecule is C[C@@H](NC(=O)Nc1ccccc1N1CCN(C)CC1)c1ccc(F)cc1F. The first-order valence-electron chi connectivity index (χ1n) is 8.99. The van der Waals surface area contributed by atoms with Crippen molar-refractivity contribution in [2.75, 3.05) is 43.4 Å². The first-order valence-corrected chi connectivity index (χ1v) is 8.99. The summed E-state index contributed by atoms with van der Waals surface area (Å²) >= 11 is 0. The van der Waals surface area contributed by atoms with Crippen molar-refractivity contribution in [3.63, 3.8) is 0 Å². The lowest BCUT2D eigenvalue weighted by molar-refractivity contribution is 0.249. The van der Waals surface area contributed by atoms with E-state index in [1.54, 1.807) is 6.92 Å². The van der Waals surface area contributed by atoms with E-state index in [1.165, 1.54) is 12.1 Å². The van der Waals surface area contributed by atoms with Crippen molar-refractivity contribution in [3.05, 3.63) is 59.7 Å². The van der Waals surface area contributed by atoms with E-state index in [0.29, 0.717) is 5.69 Å². The maximum absolute atomic E-state index is 13.9. The summed E-state index contributed by atoms with van der Waals surface area (Å²) in [6.07, 6.45) is 0. The molecular formula is C20H24F2N4O. The van der Waals surface area contributed by atoms with E-state index < -0.39 is 23.7 Å². The number of likely N-dealkylation sites (N-methyl/N-ethyl adjacent to an activating group) is 1. The first kappa shape index (κ1) is 19.1. The van der Waals surface area contributed by atoms with Crippen molar-refractivity contribution in [3.8, 4) is 0 Å². The van der Waals surface area contributed by atoms with E-state index in [9.17, 15) is 13.6 Å². The summed E-state index contributed by atoms with van der Waals surface area (Å²) < 4.78 is 27.0. The molecule has 1 saturated heterocycles. The number of nitrogens with one attached hydrogen (secondary N) is 2. The Kier molecular flexibility index (Phi) is 5.91. The number of carbonyl (C=O) groups is 1. The molecular weight excluding hydrogens is 350 g/mol. The molecule has 2 aromatic carbocycles. The van der Waals surface area contributed by atoms with E-state index in [4.69, 9.17) is 0 Å². The number of urea groups is 1. The van der Waals surface area contributed by atoms with Crippen LogP contribution in [0.15, 0.2) is 42.5 Å². The molecule has 5 nitrogen and oxygen atoms in total. The predicted octanol–water partition coefficient (Wildman–Crippen LogP) is 3.60. The molecule has 7 heteroatoms. The van der Waals surface area contributed by atoms with Gasteiger partial charge in [-0.05, 0) is 32.2 Å². The molecule has 2 aromatic rings. The van der Waals surface area contributed by atoms with Gasteiger partial charge in [0.1, 0.15) is 11.6 Å². The number of carbonyl (C=O) groups excluding carboxylic acids is 1. The Balaban J connectivity index is 1.67. The van der Waals surface area contributed by atoms with Gasteiger partial charge in [-0.1, -0.05) is 18.2 Å². The number of nitrogens with zero attached hydrogens (tertiary/aromatic N) is 2. The van der Waals surface area contributed by atoms with Crippen LogP contribution in [0, 0.1) is 11.6 Å². The standard InChI is InChI=1S/C20H24F2N4O/c1-14(16-8-7-15(21)13-17(16)22)23-20(27)24-18-5-3-4-6-19(18)26-11-9-25(2)10-12-26/h3-8,13-14H,9-12H2,1-2H3,(H2,23,24,27)/t14-/m1/s1. The van der Waals surface area contributed by atoms with Crippen LogP contribution in [-0.4, -0.2) is 44.2 Å². The van der Waals surface area contributed by atoms with Crippen molar-refractivity contribution < 1.29 is 13.6 Å². The highest BCUT2D eigenvalue weighted by Gasteiger charge is 2.19. The van der Waals surface area contributed by atoms with Gasteiger partial charge in [-0.15, -0.1) is 0 Å². The van der Waals surface area contributed by atoms with Crippen molar-refractivity contribution in [2.24, 2.45) is 0 Å². The normalized spacial score (nSPS) is 16.1. The van der Waals surface area contributed by atoms with Gasteiger partial charge in [0.2, 0.25) is 0 Å². The van der Waals surface area contributed by atoms with Crippen molar-refractivity contribution in [2.45, 2.75) is 13.0 Å². The summed E-state index contributed by atoms with van der Waals surface area (Å²) in [6.45, 7) is 5.34. The predicted molar refractivity (Wildman–Crippen MR) is 103 cm³/mol. The Morgan fingerprint density at radius 2 is 1.78 bits per heavy atom. The highest BCUT2D eigenvalue weighted by molar-refractivity contribution is 5.93. The fourth-order valence-electron chi connectivity index (χ4n) is 3.19. The van der Waals surface area contributed by atoms with Gasteiger partial charge in [-0.2, -0.15) is 0 Å². The fraction of sp³-hybridized carbons (Fsp3) is 0.350. The van der Waals surface area contributed by atoms with Crippen molar-refractivity contribution >= 4 is 17.4 Å². The monoisotopic (exact) mass is 374 g/mol. The molecule has 1 aliphatic rings. The highest BCUT2D eigenvalue weighted by atomic mass is 19.1. The Bertz CT molecular complexity index is 806. The average molecular weight is 374 g/mol. The molecule has 2 N–H and O–H groups in total. The van der Waals surface area contributed by atoms with Gasteiger partial charge >= 0.3 is 6.03 Å². The minimum atomic E-state index is -0.680. The molecule has 1 aliphatic heterocycles. The van der Waals surface area contributed by atoms with E-state index in [0.717, 1.165) is 37.9 Å². The molecule has 0 radical (unpaired) electrons. The molecule has 0 spiro atoms. The zero-order valence-electron chi connectivity index (χ0n) is 15.5. The zero-order valence-corrected chi connectivity index (χ0v) is 15.5. The summed E-state index contributed by atoms with van der Waals surface area (Å²) in [5, 5.41) is 5.55. The van der Waals surface area contributed by atoms with Gasteiger partial charge in [-0.3, -0.25) is 0 Å². The van der Waals surface area contributed by atoms with E-state index in [-0.39, 0.29) is 5.56 Å². The number of hydrogen-bond donors (Lipinski definition) is 2. The zero-order chi connectivity index (χ0) is 19.4.